The van der Waals surface area contributed by atoms with Gasteiger partial charge in [0.15, 0.2) is 0 Å². The van der Waals surface area contributed by atoms with E-state index >= 15 is 0 Å². The van der Waals surface area contributed by atoms with E-state index in [-0.39, 0.29) is 11.0 Å². The quantitative estimate of drug-likeness (QED) is 0.674. The third-order valence-electron chi connectivity index (χ3n) is 2.80. The molecule has 2 aromatic rings. The Morgan fingerprint density at radius 2 is 1.94 bits per heavy atom. The van der Waals surface area contributed by atoms with Crippen LogP contribution in [0.5, 0.6) is 0 Å². The van der Waals surface area contributed by atoms with Crippen LogP contribution in [0.1, 0.15) is 24.3 Å². The molecule has 0 aliphatic heterocycles. The van der Waals surface area contributed by atoms with E-state index in [9.17, 15) is 9.50 Å². The molecule has 0 fully saturated rings. The van der Waals surface area contributed by atoms with Gasteiger partial charge in [-0.1, -0.05) is 6.07 Å². The van der Waals surface area contributed by atoms with Crippen LogP contribution in [0.2, 0.25) is 0 Å². The summed E-state index contributed by atoms with van der Waals surface area (Å²) in [5.74, 6) is -0.638. The summed E-state index contributed by atoms with van der Waals surface area (Å²) in [5.41, 5.74) is 1.26. The molecule has 0 aliphatic carbocycles. The van der Waals surface area contributed by atoms with Crippen LogP contribution in [0.3, 0.4) is 0 Å². The Bertz CT molecular complexity index is 601. The van der Waals surface area contributed by atoms with Gasteiger partial charge < -0.3 is 15.2 Å². The van der Waals surface area contributed by atoms with Crippen LogP contribution < -0.4 is 5.46 Å². The summed E-state index contributed by atoms with van der Waals surface area (Å²) in [7, 11) is -1.76. The first-order chi connectivity index (χ1) is 8.40. The van der Waals surface area contributed by atoms with E-state index in [1.807, 2.05) is 0 Å². The minimum atomic E-state index is -1.76. The number of aliphatic hydroxyl groups excluding tert-OH is 1. The summed E-state index contributed by atoms with van der Waals surface area (Å²) >= 11 is 0. The maximum absolute atomic E-state index is 13.9. The molecule has 0 aliphatic rings. The van der Waals surface area contributed by atoms with Crippen LogP contribution in [0.4, 0.5) is 4.39 Å². The molecule has 94 valence electrons. The molecular formula is C12H13BFNO3. The molecule has 1 heterocycles. The average molecular weight is 249 g/mol. The maximum atomic E-state index is 13.9. The van der Waals surface area contributed by atoms with E-state index < -0.39 is 19.0 Å². The van der Waals surface area contributed by atoms with Crippen molar-refractivity contribution in [1.82, 2.24) is 4.98 Å². The average Bonchev–Trinajstić information content (AvgIpc) is 2.28. The molecule has 1 unspecified atom stereocenters. The Morgan fingerprint density at radius 3 is 2.50 bits per heavy atom. The van der Waals surface area contributed by atoms with Crippen LogP contribution in [0, 0.1) is 12.7 Å². The Kier molecular flexibility index (Phi) is 3.34. The SMILES string of the molecule is Cc1cc(C(C)O)c2cc(B(O)O)cc(F)c2n1. The Labute approximate surface area is 104 Å². The van der Waals surface area contributed by atoms with Crippen LogP contribution in [-0.4, -0.2) is 27.3 Å². The highest BCUT2D eigenvalue weighted by molar-refractivity contribution is 6.58. The molecule has 0 saturated heterocycles. The minimum absolute atomic E-state index is 0.0348. The number of fused-ring (bicyclic) bond motifs is 1. The molecule has 1 aromatic heterocycles. The highest BCUT2D eigenvalue weighted by Gasteiger charge is 2.18. The number of pyridine rings is 1. The minimum Gasteiger partial charge on any atom is -0.423 e. The Morgan fingerprint density at radius 1 is 1.28 bits per heavy atom. The van der Waals surface area contributed by atoms with Gasteiger partial charge in [0.05, 0.1) is 6.10 Å². The monoisotopic (exact) mass is 249 g/mol. The number of halogens is 1. The van der Waals surface area contributed by atoms with Crippen LogP contribution >= 0.6 is 0 Å². The summed E-state index contributed by atoms with van der Waals surface area (Å²) in [6.45, 7) is 3.27. The molecule has 1 atom stereocenters. The van der Waals surface area contributed by atoms with Gasteiger partial charge in [0.25, 0.3) is 0 Å². The Balaban J connectivity index is 2.84. The van der Waals surface area contributed by atoms with E-state index in [0.717, 1.165) is 6.07 Å². The molecule has 6 heteroatoms. The predicted octanol–water partition coefficient (Wildman–Crippen LogP) is 0.415. The van der Waals surface area contributed by atoms with Gasteiger partial charge >= 0.3 is 7.12 Å². The molecular weight excluding hydrogens is 236 g/mol. The molecule has 2 rings (SSSR count). The molecule has 3 N–H and O–H groups in total. The number of nitrogens with zero attached hydrogens (tertiary/aromatic N) is 1. The second-order valence-corrected chi connectivity index (χ2v) is 4.30. The fraction of sp³-hybridized carbons (Fsp3) is 0.250. The first-order valence-corrected chi connectivity index (χ1v) is 5.55. The molecule has 4 nitrogen and oxygen atoms in total. The van der Waals surface area contributed by atoms with Gasteiger partial charge in [0, 0.05) is 11.1 Å². The van der Waals surface area contributed by atoms with Gasteiger partial charge in [-0.15, -0.1) is 0 Å². The predicted molar refractivity (Wildman–Crippen MR) is 66.9 cm³/mol. The zero-order chi connectivity index (χ0) is 13.4. The molecule has 0 amide bonds. The lowest BCUT2D eigenvalue weighted by atomic mass is 9.79. The lowest BCUT2D eigenvalue weighted by molar-refractivity contribution is 0.200. The van der Waals surface area contributed by atoms with E-state index in [0.29, 0.717) is 16.6 Å². The molecule has 1 aromatic carbocycles. The summed E-state index contributed by atoms with van der Waals surface area (Å²) in [6.07, 6.45) is -0.792. The van der Waals surface area contributed by atoms with Crippen LogP contribution in [0.15, 0.2) is 18.2 Å². The third kappa shape index (κ3) is 2.22. The van der Waals surface area contributed by atoms with Gasteiger partial charge in [0.2, 0.25) is 0 Å². The smallest absolute Gasteiger partial charge is 0.423 e. The molecule has 0 spiro atoms. The lowest BCUT2D eigenvalue weighted by Crippen LogP contribution is -2.30. The number of aryl methyl sites for hydroxylation is 1. The van der Waals surface area contributed by atoms with Crippen molar-refractivity contribution in [1.29, 1.82) is 0 Å². The van der Waals surface area contributed by atoms with Crippen molar-refractivity contribution in [3.05, 3.63) is 35.3 Å². The van der Waals surface area contributed by atoms with Gasteiger partial charge in [-0.3, -0.25) is 4.98 Å². The summed E-state index contributed by atoms with van der Waals surface area (Å²) in [6, 6.07) is 4.11. The number of aliphatic hydroxyl groups is 1. The molecule has 18 heavy (non-hydrogen) atoms. The highest BCUT2D eigenvalue weighted by atomic mass is 19.1. The van der Waals surface area contributed by atoms with Gasteiger partial charge in [-0.25, -0.2) is 4.39 Å². The number of rotatable bonds is 2. The molecule has 0 bridgehead atoms. The molecule has 0 saturated carbocycles. The van der Waals surface area contributed by atoms with Crippen molar-refractivity contribution < 1.29 is 19.5 Å². The van der Waals surface area contributed by atoms with Crippen LogP contribution in [0.25, 0.3) is 10.9 Å². The standard InChI is InChI=1S/C12H13BFNO3/c1-6-3-9(7(2)16)10-4-8(13(17)18)5-11(14)12(10)15-6/h3-5,7,16-18H,1-2H3. The van der Waals surface area contributed by atoms with E-state index in [2.05, 4.69) is 4.98 Å². The Hall–Kier alpha value is -1.50. The highest BCUT2D eigenvalue weighted by Crippen LogP contribution is 2.25. The number of hydrogen-bond donors (Lipinski definition) is 3. The van der Waals surface area contributed by atoms with E-state index in [1.54, 1.807) is 19.9 Å². The van der Waals surface area contributed by atoms with Crippen molar-refractivity contribution in [2.24, 2.45) is 0 Å². The van der Waals surface area contributed by atoms with Gasteiger partial charge in [0.1, 0.15) is 11.3 Å². The lowest BCUT2D eigenvalue weighted by Gasteiger charge is -2.12. The number of aromatic nitrogens is 1. The summed E-state index contributed by atoms with van der Waals surface area (Å²) in [5, 5.41) is 28.3. The topological polar surface area (TPSA) is 73.6 Å². The van der Waals surface area contributed by atoms with Crippen molar-refractivity contribution in [2.75, 3.05) is 0 Å². The van der Waals surface area contributed by atoms with Crippen LogP contribution in [-0.2, 0) is 0 Å². The van der Waals surface area contributed by atoms with E-state index in [1.165, 1.54) is 6.07 Å². The second kappa shape index (κ2) is 4.64. The van der Waals surface area contributed by atoms with Gasteiger partial charge in [-0.05, 0) is 37.0 Å². The molecule has 0 radical (unpaired) electrons. The first kappa shape index (κ1) is 12.9. The normalized spacial score (nSPS) is 12.8. The fourth-order valence-electron chi connectivity index (χ4n) is 1.96. The number of hydrogen-bond acceptors (Lipinski definition) is 4. The van der Waals surface area contributed by atoms with E-state index in [4.69, 9.17) is 10.0 Å². The summed E-state index contributed by atoms with van der Waals surface area (Å²) < 4.78 is 13.9. The first-order valence-electron chi connectivity index (χ1n) is 5.55. The zero-order valence-corrected chi connectivity index (χ0v) is 10.1. The van der Waals surface area contributed by atoms with Crippen molar-refractivity contribution in [2.45, 2.75) is 20.0 Å². The van der Waals surface area contributed by atoms with Crippen molar-refractivity contribution in [3.8, 4) is 0 Å². The third-order valence-corrected chi connectivity index (χ3v) is 2.80. The van der Waals surface area contributed by atoms with Crippen molar-refractivity contribution in [3.63, 3.8) is 0 Å². The largest absolute Gasteiger partial charge is 0.488 e. The second-order valence-electron chi connectivity index (χ2n) is 4.30. The number of benzene rings is 1. The van der Waals surface area contributed by atoms with Crippen molar-refractivity contribution >= 4 is 23.5 Å². The fourth-order valence-corrected chi connectivity index (χ4v) is 1.96. The zero-order valence-electron chi connectivity index (χ0n) is 10.1. The summed E-state index contributed by atoms with van der Waals surface area (Å²) in [4.78, 5) is 4.07. The maximum Gasteiger partial charge on any atom is 0.488 e. The van der Waals surface area contributed by atoms with Gasteiger partial charge in [-0.2, -0.15) is 0 Å².